The fourth-order valence-electron chi connectivity index (χ4n) is 2.45. The summed E-state index contributed by atoms with van der Waals surface area (Å²) in [6.45, 7) is 4.53. The van der Waals surface area contributed by atoms with Crippen molar-refractivity contribution in [1.82, 2.24) is 0 Å². The molecule has 0 aliphatic carbocycles. The van der Waals surface area contributed by atoms with Crippen LogP contribution in [0.4, 0.5) is 0 Å². The van der Waals surface area contributed by atoms with E-state index in [2.05, 4.69) is 87.1 Å². The van der Waals surface area contributed by atoms with Crippen molar-refractivity contribution in [2.75, 3.05) is 0 Å². The van der Waals surface area contributed by atoms with E-state index in [1.54, 1.807) is 0 Å². The molecule has 0 aliphatic heterocycles. The lowest BCUT2D eigenvalue weighted by atomic mass is 10.2. The Labute approximate surface area is 135 Å². The van der Waals surface area contributed by atoms with Crippen LogP contribution in [0.1, 0.15) is 35.5 Å². The lowest BCUT2D eigenvalue weighted by Gasteiger charge is -2.33. The number of hydrogen-bond acceptors (Lipinski definition) is 1. The highest BCUT2D eigenvalue weighted by molar-refractivity contribution is 8.50. The Kier molecular flexibility index (Phi) is 5.70. The van der Waals surface area contributed by atoms with Gasteiger partial charge in [0, 0.05) is 10.5 Å². The van der Waals surface area contributed by atoms with E-state index >= 15 is 0 Å². The minimum Gasteiger partial charge on any atom is -0.198 e. The SMILES string of the molecule is CC(c1ccccc1)[SH](C(=S)S)C(C)c1ccccc1. The maximum Gasteiger partial charge on any atom is 0.0821 e. The third-order valence-corrected chi connectivity index (χ3v) is 7.65. The van der Waals surface area contributed by atoms with Crippen LogP contribution in [-0.2, 0) is 0 Å². The van der Waals surface area contributed by atoms with Gasteiger partial charge in [-0.15, -0.1) is 12.6 Å². The van der Waals surface area contributed by atoms with E-state index in [0.717, 1.165) is 3.53 Å². The van der Waals surface area contributed by atoms with Crippen molar-refractivity contribution in [3.63, 3.8) is 0 Å². The van der Waals surface area contributed by atoms with Gasteiger partial charge in [0.05, 0.1) is 3.53 Å². The van der Waals surface area contributed by atoms with E-state index in [4.69, 9.17) is 12.2 Å². The summed E-state index contributed by atoms with van der Waals surface area (Å²) in [6.07, 6.45) is 0. The summed E-state index contributed by atoms with van der Waals surface area (Å²) in [7, 11) is -0.499. The van der Waals surface area contributed by atoms with Crippen molar-refractivity contribution < 1.29 is 0 Å². The zero-order valence-corrected chi connectivity index (χ0v) is 14.3. The molecule has 2 aromatic rings. The molecule has 0 radical (unpaired) electrons. The Balaban J connectivity index is 2.30. The zero-order valence-electron chi connectivity index (χ0n) is 11.7. The van der Waals surface area contributed by atoms with Crippen molar-refractivity contribution in [1.29, 1.82) is 0 Å². The molecule has 0 heterocycles. The fourth-order valence-corrected chi connectivity index (χ4v) is 6.76. The molecule has 0 aromatic heterocycles. The van der Waals surface area contributed by atoms with Crippen LogP contribution in [0.15, 0.2) is 60.7 Å². The van der Waals surface area contributed by atoms with Crippen LogP contribution in [0.25, 0.3) is 0 Å². The molecular formula is C17H20S3. The summed E-state index contributed by atoms with van der Waals surface area (Å²) in [5.74, 6) is 0. The molecule has 0 N–H and O–H groups in total. The zero-order chi connectivity index (χ0) is 14.5. The van der Waals surface area contributed by atoms with Crippen molar-refractivity contribution in [3.05, 3.63) is 71.8 Å². The molecule has 2 atom stereocenters. The van der Waals surface area contributed by atoms with Gasteiger partial charge in [-0.05, 0) is 11.1 Å². The van der Waals surface area contributed by atoms with Crippen LogP contribution in [0.5, 0.6) is 0 Å². The molecule has 2 aromatic carbocycles. The van der Waals surface area contributed by atoms with Gasteiger partial charge in [0.2, 0.25) is 0 Å². The smallest absolute Gasteiger partial charge is 0.0821 e. The van der Waals surface area contributed by atoms with E-state index < -0.39 is 10.9 Å². The highest BCUT2D eigenvalue weighted by atomic mass is 32.3. The number of hydrogen-bond donors (Lipinski definition) is 2. The van der Waals surface area contributed by atoms with Gasteiger partial charge in [-0.2, -0.15) is 10.9 Å². The normalized spacial score (nSPS) is 16.2. The number of thiol groups is 2. The van der Waals surface area contributed by atoms with Crippen molar-refractivity contribution in [3.8, 4) is 0 Å². The second-order valence-corrected chi connectivity index (χ2v) is 9.49. The molecule has 0 bridgehead atoms. The Morgan fingerprint density at radius 3 is 1.50 bits per heavy atom. The Hall–Kier alpha value is -0.770. The van der Waals surface area contributed by atoms with Gasteiger partial charge in [-0.1, -0.05) is 86.7 Å². The van der Waals surface area contributed by atoms with E-state index in [0.29, 0.717) is 10.5 Å². The average Bonchev–Trinajstić information content (AvgIpc) is 2.48. The summed E-state index contributed by atoms with van der Waals surface area (Å²) < 4.78 is 0.854. The van der Waals surface area contributed by atoms with Gasteiger partial charge in [-0.25, -0.2) is 0 Å². The van der Waals surface area contributed by atoms with Crippen LogP contribution in [-0.4, -0.2) is 3.53 Å². The standard InChI is InChI=1S/C17H20S3/c1-13(15-9-5-3-6-10-15)20(17(18)19)14(2)16-11-7-4-8-12-16/h3-14,20H,1-2H3,(H,18,19). The number of benzene rings is 2. The topological polar surface area (TPSA) is 0 Å². The number of thiocarbonyl (C=S) groups is 1. The molecule has 0 saturated carbocycles. The predicted octanol–water partition coefficient (Wildman–Crippen LogP) is 5.72. The van der Waals surface area contributed by atoms with Crippen LogP contribution >= 0.6 is 35.7 Å². The van der Waals surface area contributed by atoms with Crippen LogP contribution in [0.2, 0.25) is 0 Å². The summed E-state index contributed by atoms with van der Waals surface area (Å²) >= 11 is 9.99. The maximum atomic E-state index is 5.46. The summed E-state index contributed by atoms with van der Waals surface area (Å²) in [6, 6.07) is 21.2. The predicted molar refractivity (Wildman–Crippen MR) is 100 cm³/mol. The van der Waals surface area contributed by atoms with Gasteiger partial charge in [0.1, 0.15) is 0 Å². The third kappa shape index (κ3) is 3.66. The van der Waals surface area contributed by atoms with Gasteiger partial charge in [0.15, 0.2) is 0 Å². The minimum atomic E-state index is -0.499. The van der Waals surface area contributed by atoms with E-state index in [1.807, 2.05) is 0 Å². The Morgan fingerprint density at radius 2 is 1.20 bits per heavy atom. The quantitative estimate of drug-likeness (QED) is 0.536. The van der Waals surface area contributed by atoms with Gasteiger partial charge < -0.3 is 0 Å². The molecule has 0 saturated heterocycles. The molecule has 20 heavy (non-hydrogen) atoms. The highest BCUT2D eigenvalue weighted by Crippen LogP contribution is 2.55. The van der Waals surface area contributed by atoms with Crippen molar-refractivity contribution >= 4 is 39.3 Å². The largest absolute Gasteiger partial charge is 0.198 e. The fraction of sp³-hybridized carbons (Fsp3) is 0.235. The van der Waals surface area contributed by atoms with E-state index in [1.165, 1.54) is 11.1 Å². The summed E-state index contributed by atoms with van der Waals surface area (Å²) in [5.41, 5.74) is 2.69. The monoisotopic (exact) mass is 320 g/mol. The first-order valence-corrected chi connectivity index (χ1v) is 9.06. The Bertz CT molecular complexity index is 505. The second kappa shape index (κ2) is 7.30. The molecule has 3 heteroatoms. The van der Waals surface area contributed by atoms with Gasteiger partial charge in [-0.3, -0.25) is 0 Å². The van der Waals surface area contributed by atoms with Crippen LogP contribution in [0, 0.1) is 0 Å². The molecule has 0 nitrogen and oxygen atoms in total. The van der Waals surface area contributed by atoms with E-state index in [9.17, 15) is 0 Å². The molecule has 2 rings (SSSR count). The highest BCUT2D eigenvalue weighted by Gasteiger charge is 2.24. The molecule has 2 unspecified atom stereocenters. The first kappa shape index (κ1) is 15.6. The molecule has 0 amide bonds. The first-order valence-electron chi connectivity index (χ1n) is 6.72. The summed E-state index contributed by atoms with van der Waals surface area (Å²) in [5, 5.41) is 0.845. The van der Waals surface area contributed by atoms with Crippen LogP contribution in [0.3, 0.4) is 0 Å². The van der Waals surface area contributed by atoms with Crippen molar-refractivity contribution in [2.45, 2.75) is 24.3 Å². The maximum absolute atomic E-state index is 5.46. The lowest BCUT2D eigenvalue weighted by Crippen LogP contribution is -2.06. The van der Waals surface area contributed by atoms with Crippen molar-refractivity contribution in [2.24, 2.45) is 0 Å². The molecule has 106 valence electrons. The molecule has 0 spiro atoms. The summed E-state index contributed by atoms with van der Waals surface area (Å²) in [4.78, 5) is 0. The molecule has 0 aliphatic rings. The van der Waals surface area contributed by atoms with Gasteiger partial charge in [0.25, 0.3) is 0 Å². The minimum absolute atomic E-state index is 0.423. The Morgan fingerprint density at radius 1 is 0.850 bits per heavy atom. The molecular weight excluding hydrogens is 300 g/mol. The van der Waals surface area contributed by atoms with Crippen LogP contribution < -0.4 is 0 Å². The third-order valence-electron chi connectivity index (χ3n) is 3.62. The lowest BCUT2D eigenvalue weighted by molar-refractivity contribution is 1.03. The molecule has 0 fully saturated rings. The van der Waals surface area contributed by atoms with E-state index in [-0.39, 0.29) is 0 Å². The number of rotatable bonds is 4. The average molecular weight is 321 g/mol. The first-order chi connectivity index (χ1) is 9.61. The van der Waals surface area contributed by atoms with Gasteiger partial charge >= 0.3 is 0 Å². The second-order valence-electron chi connectivity index (χ2n) is 4.86.